The molecule has 66 valence electrons. The minimum absolute atomic E-state index is 0.000000000000000444. The van der Waals surface area contributed by atoms with E-state index in [1.807, 2.05) is 19.9 Å². The summed E-state index contributed by atoms with van der Waals surface area (Å²) < 4.78 is -0.911. The molecule has 0 saturated carbocycles. The van der Waals surface area contributed by atoms with Gasteiger partial charge in [-0.3, -0.25) is 4.79 Å². The second kappa shape index (κ2) is 3.05. The van der Waals surface area contributed by atoms with E-state index in [-0.39, 0.29) is 5.92 Å². The van der Waals surface area contributed by atoms with Crippen molar-refractivity contribution in [3.05, 3.63) is 23.8 Å². The summed E-state index contributed by atoms with van der Waals surface area (Å²) in [6, 6.07) is 0. The third-order valence-corrected chi connectivity index (χ3v) is 3.63. The van der Waals surface area contributed by atoms with Crippen molar-refractivity contribution in [2.75, 3.05) is 0 Å². The van der Waals surface area contributed by atoms with Gasteiger partial charge >= 0.3 is 5.97 Å². The molecule has 0 aromatic rings. The standard InChI is InChI=1S/C9H11BrO2/c1-6-4-3-5-9(10,7(6)2)8(11)12/h3-5,7H,1-2H3,(H,11,12). The van der Waals surface area contributed by atoms with Crippen LogP contribution in [0.5, 0.6) is 0 Å². The Labute approximate surface area is 80.1 Å². The van der Waals surface area contributed by atoms with E-state index in [2.05, 4.69) is 15.9 Å². The van der Waals surface area contributed by atoms with Gasteiger partial charge in [0.25, 0.3) is 0 Å². The van der Waals surface area contributed by atoms with E-state index in [9.17, 15) is 4.79 Å². The maximum Gasteiger partial charge on any atom is 0.325 e. The molecule has 0 aromatic carbocycles. The molecule has 0 radical (unpaired) electrons. The number of aliphatic carboxylic acids is 1. The molecule has 0 heterocycles. The highest BCUT2D eigenvalue weighted by molar-refractivity contribution is 9.10. The van der Waals surface area contributed by atoms with Gasteiger partial charge in [-0.1, -0.05) is 46.7 Å². The van der Waals surface area contributed by atoms with Crippen molar-refractivity contribution in [1.29, 1.82) is 0 Å². The molecule has 1 rings (SSSR count). The van der Waals surface area contributed by atoms with Crippen molar-refractivity contribution >= 4 is 21.9 Å². The number of hydrogen-bond acceptors (Lipinski definition) is 1. The van der Waals surface area contributed by atoms with Gasteiger partial charge in [0.15, 0.2) is 0 Å². The van der Waals surface area contributed by atoms with Gasteiger partial charge in [-0.05, 0) is 6.92 Å². The number of rotatable bonds is 1. The Morgan fingerprint density at radius 3 is 2.75 bits per heavy atom. The average molecular weight is 231 g/mol. The van der Waals surface area contributed by atoms with E-state index in [1.54, 1.807) is 12.2 Å². The van der Waals surface area contributed by atoms with Crippen molar-refractivity contribution in [2.45, 2.75) is 18.2 Å². The SMILES string of the molecule is CC1=CC=CC(Br)(C(=O)O)C1C. The van der Waals surface area contributed by atoms with E-state index in [0.717, 1.165) is 5.57 Å². The van der Waals surface area contributed by atoms with Crippen LogP contribution in [-0.4, -0.2) is 15.4 Å². The largest absolute Gasteiger partial charge is 0.480 e. The molecule has 2 nitrogen and oxygen atoms in total. The summed E-state index contributed by atoms with van der Waals surface area (Å²) in [4.78, 5) is 10.9. The molecule has 0 aromatic heterocycles. The molecule has 0 fully saturated rings. The zero-order chi connectivity index (χ0) is 9.35. The van der Waals surface area contributed by atoms with Gasteiger partial charge in [0.05, 0.1) is 0 Å². The number of allylic oxidation sites excluding steroid dienone is 3. The molecule has 2 atom stereocenters. The lowest BCUT2D eigenvalue weighted by atomic mass is 9.84. The number of carbonyl (C=O) groups is 1. The summed E-state index contributed by atoms with van der Waals surface area (Å²) in [6.45, 7) is 3.84. The van der Waals surface area contributed by atoms with E-state index in [0.29, 0.717) is 0 Å². The molecule has 2 unspecified atom stereocenters. The molecule has 3 heteroatoms. The molecule has 0 spiro atoms. The maximum atomic E-state index is 10.9. The third-order valence-electron chi connectivity index (χ3n) is 2.34. The first-order chi connectivity index (χ1) is 5.48. The molecule has 1 N–H and O–H groups in total. The van der Waals surface area contributed by atoms with E-state index in [1.165, 1.54) is 0 Å². The monoisotopic (exact) mass is 230 g/mol. The zero-order valence-electron chi connectivity index (χ0n) is 7.04. The van der Waals surface area contributed by atoms with Gasteiger partial charge in [-0.2, -0.15) is 0 Å². The summed E-state index contributed by atoms with van der Waals surface area (Å²) >= 11 is 3.24. The molecule has 0 saturated heterocycles. The second-order valence-electron chi connectivity index (χ2n) is 3.06. The Morgan fingerprint density at radius 1 is 1.75 bits per heavy atom. The third kappa shape index (κ3) is 1.33. The van der Waals surface area contributed by atoms with E-state index in [4.69, 9.17) is 5.11 Å². The van der Waals surface area contributed by atoms with E-state index >= 15 is 0 Å². The fourth-order valence-electron chi connectivity index (χ4n) is 1.22. The summed E-state index contributed by atoms with van der Waals surface area (Å²) in [5.41, 5.74) is 1.08. The van der Waals surface area contributed by atoms with Crippen LogP contribution in [-0.2, 0) is 4.79 Å². The minimum atomic E-state index is -0.911. The highest BCUT2D eigenvalue weighted by Gasteiger charge is 2.40. The zero-order valence-corrected chi connectivity index (χ0v) is 8.63. The summed E-state index contributed by atoms with van der Waals surface area (Å²) in [6.07, 6.45) is 5.39. The van der Waals surface area contributed by atoms with Gasteiger partial charge in [0.1, 0.15) is 4.32 Å². The Hall–Kier alpha value is -0.570. The van der Waals surface area contributed by atoms with Crippen molar-refractivity contribution in [3.8, 4) is 0 Å². The lowest BCUT2D eigenvalue weighted by Crippen LogP contribution is -2.38. The molecular formula is C9H11BrO2. The smallest absolute Gasteiger partial charge is 0.325 e. The summed E-state index contributed by atoms with van der Waals surface area (Å²) in [7, 11) is 0. The molecule has 0 aliphatic heterocycles. The molecule has 1 aliphatic rings. The quantitative estimate of drug-likeness (QED) is 0.703. The van der Waals surface area contributed by atoms with Crippen molar-refractivity contribution in [1.82, 2.24) is 0 Å². The number of carboxylic acids is 1. The molecule has 1 aliphatic carbocycles. The first kappa shape index (κ1) is 9.52. The van der Waals surface area contributed by atoms with Crippen LogP contribution in [0.4, 0.5) is 0 Å². The van der Waals surface area contributed by atoms with Crippen molar-refractivity contribution in [2.24, 2.45) is 5.92 Å². The Bertz CT molecular complexity index is 268. The van der Waals surface area contributed by atoms with Gasteiger partial charge in [-0.15, -0.1) is 0 Å². The average Bonchev–Trinajstić information content (AvgIpc) is 2.00. The van der Waals surface area contributed by atoms with Gasteiger partial charge in [0.2, 0.25) is 0 Å². The van der Waals surface area contributed by atoms with E-state index < -0.39 is 10.3 Å². The van der Waals surface area contributed by atoms with Crippen molar-refractivity contribution in [3.63, 3.8) is 0 Å². The highest BCUT2D eigenvalue weighted by Crippen LogP contribution is 2.37. The van der Waals surface area contributed by atoms with Crippen LogP contribution in [0.25, 0.3) is 0 Å². The number of halogens is 1. The first-order valence-electron chi connectivity index (χ1n) is 3.77. The maximum absolute atomic E-state index is 10.9. The Balaban J connectivity index is 3.03. The van der Waals surface area contributed by atoms with Crippen molar-refractivity contribution < 1.29 is 9.90 Å². The summed E-state index contributed by atoms with van der Waals surface area (Å²) in [5, 5.41) is 8.96. The lowest BCUT2D eigenvalue weighted by Gasteiger charge is -2.29. The van der Waals surface area contributed by atoms with Crippen LogP contribution >= 0.6 is 15.9 Å². The summed E-state index contributed by atoms with van der Waals surface area (Å²) in [5.74, 6) is -0.835. The fourth-order valence-corrected chi connectivity index (χ4v) is 1.73. The molecule has 0 amide bonds. The number of carboxylic acid groups (broad SMARTS) is 1. The Morgan fingerprint density at radius 2 is 2.33 bits per heavy atom. The Kier molecular flexibility index (Phi) is 2.42. The predicted octanol–water partition coefficient (Wildman–Crippen LogP) is 2.36. The number of alkyl halides is 1. The normalized spacial score (nSPS) is 34.6. The number of hydrogen-bond donors (Lipinski definition) is 1. The minimum Gasteiger partial charge on any atom is -0.480 e. The van der Waals surface area contributed by atoms with Crippen LogP contribution in [0, 0.1) is 5.92 Å². The highest BCUT2D eigenvalue weighted by atomic mass is 79.9. The van der Waals surface area contributed by atoms with Crippen LogP contribution < -0.4 is 0 Å². The molecule has 12 heavy (non-hydrogen) atoms. The lowest BCUT2D eigenvalue weighted by molar-refractivity contribution is -0.139. The molecule has 0 bridgehead atoms. The first-order valence-corrected chi connectivity index (χ1v) is 4.56. The second-order valence-corrected chi connectivity index (χ2v) is 4.38. The van der Waals surface area contributed by atoms with Gasteiger partial charge < -0.3 is 5.11 Å². The van der Waals surface area contributed by atoms with Gasteiger partial charge in [-0.25, -0.2) is 0 Å². The fraction of sp³-hybridized carbons (Fsp3) is 0.444. The van der Waals surface area contributed by atoms with Crippen LogP contribution in [0.15, 0.2) is 23.8 Å². The molecular weight excluding hydrogens is 220 g/mol. The van der Waals surface area contributed by atoms with Gasteiger partial charge in [0, 0.05) is 5.92 Å². The topological polar surface area (TPSA) is 37.3 Å². The predicted molar refractivity (Wildman–Crippen MR) is 51.4 cm³/mol. The van der Waals surface area contributed by atoms with Crippen LogP contribution in [0.1, 0.15) is 13.8 Å². The van der Waals surface area contributed by atoms with Crippen LogP contribution in [0.2, 0.25) is 0 Å². The van der Waals surface area contributed by atoms with Crippen LogP contribution in [0.3, 0.4) is 0 Å².